The van der Waals surface area contributed by atoms with Gasteiger partial charge in [-0.1, -0.05) is 25.3 Å². The first-order chi connectivity index (χ1) is 20.7. The predicted octanol–water partition coefficient (Wildman–Crippen LogP) is 7.05. The van der Waals surface area contributed by atoms with Crippen LogP contribution in [0.3, 0.4) is 0 Å². The number of methoxy groups -OCH3 is 2. The number of fused-ring (bicyclic) bond motifs is 7. The molecule has 2 aromatic carbocycles. The number of esters is 1. The quantitative estimate of drug-likeness (QED) is 0.311. The summed E-state index contributed by atoms with van der Waals surface area (Å²) in [6.07, 6.45) is 6.82. The number of hydrogen-bond donors (Lipinski definition) is 1. The first-order valence-electron chi connectivity index (χ1n) is 15.8. The molecule has 3 aliphatic rings. The molecule has 8 nitrogen and oxygen atoms in total. The highest BCUT2D eigenvalue weighted by Gasteiger charge is 2.41. The largest absolute Gasteiger partial charge is 0.497 e. The lowest BCUT2D eigenvalue weighted by Gasteiger charge is -2.29. The van der Waals surface area contributed by atoms with Crippen LogP contribution in [-0.4, -0.2) is 61.0 Å². The van der Waals surface area contributed by atoms with E-state index in [2.05, 4.69) is 39.0 Å². The molecule has 1 N–H and O–H groups in total. The van der Waals surface area contributed by atoms with Gasteiger partial charge >= 0.3 is 12.1 Å². The molecule has 1 saturated carbocycles. The first-order valence-corrected chi connectivity index (χ1v) is 15.8. The Morgan fingerprint density at radius 1 is 1.00 bits per heavy atom. The van der Waals surface area contributed by atoms with Gasteiger partial charge in [0, 0.05) is 42.1 Å². The van der Waals surface area contributed by atoms with Crippen molar-refractivity contribution in [2.24, 2.45) is 5.92 Å². The summed E-state index contributed by atoms with van der Waals surface area (Å²) in [7, 11) is 3.17. The van der Waals surface area contributed by atoms with Crippen molar-refractivity contribution in [3.8, 4) is 17.0 Å². The molecule has 2 aliphatic heterocycles. The van der Waals surface area contributed by atoms with E-state index in [0.29, 0.717) is 23.9 Å². The molecule has 230 valence electrons. The maximum Gasteiger partial charge on any atom is 0.407 e. The summed E-state index contributed by atoms with van der Waals surface area (Å²) in [5.74, 6) is 1.40. The summed E-state index contributed by atoms with van der Waals surface area (Å²) in [6, 6.07) is 12.8. The van der Waals surface area contributed by atoms with Gasteiger partial charge in [-0.3, -0.25) is 4.90 Å². The standard InChI is InChI=1S/C35H45N3O5/c1-35(2,3)43-34(40)36-16-18-37-17-15-24-21-38-29-19-23(33(39)42-5)11-13-27(29)30(22-9-7-6-8-10-22)32(38)26-14-12-25(41-4)20-28(26)31(24)37/h11-14,19-20,22,24,31H,6-10,15-18,21H2,1-5H3,(H,36,40)/t24-,31+/m0/s1. The van der Waals surface area contributed by atoms with Gasteiger partial charge in [0.2, 0.25) is 0 Å². The monoisotopic (exact) mass is 587 g/mol. The lowest BCUT2D eigenvalue weighted by Crippen LogP contribution is -2.38. The molecule has 1 aromatic heterocycles. The van der Waals surface area contributed by atoms with Gasteiger partial charge in [0.25, 0.3) is 0 Å². The van der Waals surface area contributed by atoms with Crippen LogP contribution >= 0.6 is 0 Å². The van der Waals surface area contributed by atoms with Gasteiger partial charge in [-0.05, 0) is 99.9 Å². The van der Waals surface area contributed by atoms with Crippen molar-refractivity contribution in [2.75, 3.05) is 33.9 Å². The predicted molar refractivity (Wildman–Crippen MR) is 168 cm³/mol. The van der Waals surface area contributed by atoms with Crippen molar-refractivity contribution in [3.05, 3.63) is 53.1 Å². The highest BCUT2D eigenvalue weighted by Crippen LogP contribution is 2.52. The second-order valence-corrected chi connectivity index (χ2v) is 13.3. The molecule has 0 bridgehead atoms. The molecule has 0 radical (unpaired) electrons. The van der Waals surface area contributed by atoms with Crippen molar-refractivity contribution in [1.82, 2.24) is 14.8 Å². The maximum absolute atomic E-state index is 12.6. The van der Waals surface area contributed by atoms with E-state index in [1.165, 1.54) is 67.0 Å². The van der Waals surface area contributed by atoms with Crippen molar-refractivity contribution in [1.29, 1.82) is 0 Å². The Morgan fingerprint density at radius 3 is 2.51 bits per heavy atom. The summed E-state index contributed by atoms with van der Waals surface area (Å²) in [4.78, 5) is 27.5. The Balaban J connectivity index is 1.44. The van der Waals surface area contributed by atoms with Crippen molar-refractivity contribution in [3.63, 3.8) is 0 Å². The number of ether oxygens (including phenoxy) is 3. The molecule has 2 fully saturated rings. The molecule has 1 aliphatic carbocycles. The second kappa shape index (κ2) is 11.9. The molecule has 0 unspecified atom stereocenters. The van der Waals surface area contributed by atoms with Gasteiger partial charge in [0.1, 0.15) is 11.4 Å². The third-order valence-corrected chi connectivity index (χ3v) is 9.48. The van der Waals surface area contributed by atoms with E-state index >= 15 is 0 Å². The van der Waals surface area contributed by atoms with E-state index in [9.17, 15) is 9.59 Å². The number of benzene rings is 2. The number of alkyl carbamates (subject to hydrolysis) is 1. The third kappa shape index (κ3) is 5.74. The molecule has 1 amide bonds. The van der Waals surface area contributed by atoms with E-state index in [1.54, 1.807) is 7.11 Å². The van der Waals surface area contributed by atoms with Crippen LogP contribution in [0.5, 0.6) is 5.75 Å². The average Bonchev–Trinajstić information content (AvgIpc) is 3.50. The normalized spacial score (nSPS) is 20.6. The number of amides is 1. The first kappa shape index (κ1) is 29.5. The smallest absolute Gasteiger partial charge is 0.407 e. The van der Waals surface area contributed by atoms with Gasteiger partial charge in [-0.2, -0.15) is 0 Å². The highest BCUT2D eigenvalue weighted by molar-refractivity contribution is 5.99. The number of nitrogens with zero attached hydrogens (tertiary/aromatic N) is 2. The molecule has 3 aromatic rings. The zero-order valence-electron chi connectivity index (χ0n) is 26.2. The Labute approximate surface area is 254 Å². The zero-order chi connectivity index (χ0) is 30.3. The number of hydrogen-bond acceptors (Lipinski definition) is 6. The number of carbonyl (C=O) groups is 2. The van der Waals surface area contributed by atoms with Gasteiger partial charge in [0.05, 0.1) is 25.5 Å². The average molecular weight is 588 g/mol. The molecule has 8 heteroatoms. The number of carbonyl (C=O) groups excluding carboxylic acids is 2. The number of aromatic nitrogens is 1. The van der Waals surface area contributed by atoms with Gasteiger partial charge in [-0.15, -0.1) is 0 Å². The maximum atomic E-state index is 12.6. The van der Waals surface area contributed by atoms with Gasteiger partial charge < -0.3 is 24.1 Å². The summed E-state index contributed by atoms with van der Waals surface area (Å²) in [5, 5.41) is 4.21. The molecule has 0 spiro atoms. The lowest BCUT2D eigenvalue weighted by atomic mass is 9.81. The third-order valence-electron chi connectivity index (χ3n) is 9.48. The van der Waals surface area contributed by atoms with E-state index in [0.717, 1.165) is 37.3 Å². The topological polar surface area (TPSA) is 82.0 Å². The van der Waals surface area contributed by atoms with Crippen LogP contribution in [0.15, 0.2) is 36.4 Å². The van der Waals surface area contributed by atoms with E-state index in [1.807, 2.05) is 32.9 Å². The van der Waals surface area contributed by atoms with Crippen molar-refractivity contribution < 1.29 is 23.8 Å². The fourth-order valence-electron chi connectivity index (χ4n) is 7.70. The summed E-state index contributed by atoms with van der Waals surface area (Å²) in [5.41, 5.74) is 6.43. The molecular weight excluding hydrogens is 542 g/mol. The van der Waals surface area contributed by atoms with Crippen LogP contribution in [-0.2, 0) is 16.0 Å². The summed E-state index contributed by atoms with van der Waals surface area (Å²) in [6.45, 7) is 8.68. The van der Waals surface area contributed by atoms with Crippen LogP contribution in [0.2, 0.25) is 0 Å². The van der Waals surface area contributed by atoms with Crippen molar-refractivity contribution >= 4 is 23.0 Å². The Morgan fingerprint density at radius 2 is 1.79 bits per heavy atom. The Bertz CT molecular complexity index is 1510. The summed E-state index contributed by atoms with van der Waals surface area (Å²) < 4.78 is 18.9. The van der Waals surface area contributed by atoms with Gasteiger partial charge in [0.15, 0.2) is 0 Å². The second-order valence-electron chi connectivity index (χ2n) is 13.3. The molecule has 3 heterocycles. The minimum absolute atomic E-state index is 0.184. The minimum Gasteiger partial charge on any atom is -0.497 e. The molecule has 2 atom stereocenters. The molecule has 43 heavy (non-hydrogen) atoms. The van der Waals surface area contributed by atoms with Gasteiger partial charge in [-0.25, -0.2) is 9.59 Å². The summed E-state index contributed by atoms with van der Waals surface area (Å²) >= 11 is 0. The molecule has 6 rings (SSSR count). The lowest BCUT2D eigenvalue weighted by molar-refractivity contribution is 0.0519. The molecule has 1 saturated heterocycles. The van der Waals surface area contributed by atoms with Crippen LogP contribution in [0, 0.1) is 5.92 Å². The van der Waals surface area contributed by atoms with Crippen LogP contribution in [0.1, 0.15) is 92.7 Å². The molecular formula is C35H45N3O5. The number of nitrogens with one attached hydrogen (secondary N) is 1. The van der Waals surface area contributed by atoms with Crippen molar-refractivity contribution in [2.45, 2.75) is 83.4 Å². The number of likely N-dealkylation sites (tertiary alicyclic amines) is 1. The highest BCUT2D eigenvalue weighted by atomic mass is 16.6. The van der Waals surface area contributed by atoms with E-state index < -0.39 is 5.60 Å². The fraction of sp³-hybridized carbons (Fsp3) is 0.543. The van der Waals surface area contributed by atoms with E-state index in [4.69, 9.17) is 14.2 Å². The fourth-order valence-corrected chi connectivity index (χ4v) is 7.70. The minimum atomic E-state index is -0.528. The van der Waals surface area contributed by atoms with E-state index in [-0.39, 0.29) is 18.1 Å². The number of rotatable bonds is 6. The Kier molecular flexibility index (Phi) is 8.16. The van der Waals surface area contributed by atoms with Crippen LogP contribution in [0.25, 0.3) is 22.2 Å². The van der Waals surface area contributed by atoms with Crippen LogP contribution < -0.4 is 10.1 Å². The Hall–Kier alpha value is -3.52. The zero-order valence-corrected chi connectivity index (χ0v) is 26.2. The SMILES string of the molecule is COC(=O)c1ccc2c(C3CCCCC3)c3n(c2c1)C[C@@H]1CCN(CCNC(=O)OC(C)(C)C)[C@H]1c1cc(OC)ccc1-3. The van der Waals surface area contributed by atoms with Crippen LogP contribution in [0.4, 0.5) is 4.79 Å².